The van der Waals surface area contributed by atoms with Gasteiger partial charge in [0.25, 0.3) is 0 Å². The van der Waals surface area contributed by atoms with E-state index in [0.717, 1.165) is 5.69 Å². The van der Waals surface area contributed by atoms with Gasteiger partial charge in [0.2, 0.25) is 0 Å². The number of amides is 1. The smallest absolute Gasteiger partial charge is 0.407 e. The number of hydrogen-bond acceptors (Lipinski definition) is 2. The lowest BCUT2D eigenvalue weighted by molar-refractivity contribution is 0.150. The molecule has 1 aliphatic heterocycles. The van der Waals surface area contributed by atoms with E-state index in [1.807, 2.05) is 19.3 Å². The number of carbonyl (C=O) groups is 1. The van der Waals surface area contributed by atoms with E-state index in [-0.39, 0.29) is 0 Å². The molecule has 1 aliphatic carbocycles. The summed E-state index contributed by atoms with van der Waals surface area (Å²) in [6, 6.07) is 2.04. The molecule has 5 heteroatoms. The molecule has 2 heterocycles. The van der Waals surface area contributed by atoms with Crippen molar-refractivity contribution in [3.63, 3.8) is 0 Å². The second-order valence-electron chi connectivity index (χ2n) is 4.46. The van der Waals surface area contributed by atoms with Crippen LogP contribution in [0.2, 0.25) is 0 Å². The summed E-state index contributed by atoms with van der Waals surface area (Å²) in [7, 11) is 1.91. The average molecular weight is 207 g/mol. The maximum atomic E-state index is 10.7. The van der Waals surface area contributed by atoms with Gasteiger partial charge in [-0.2, -0.15) is 5.10 Å². The zero-order valence-corrected chi connectivity index (χ0v) is 8.50. The predicted molar refractivity (Wildman–Crippen MR) is 52.5 cm³/mol. The van der Waals surface area contributed by atoms with Crippen LogP contribution in [0, 0.1) is 11.8 Å². The number of piperidine rings is 1. The van der Waals surface area contributed by atoms with Gasteiger partial charge in [-0.1, -0.05) is 0 Å². The molecule has 80 valence electrons. The SMILES string of the molecule is Cn1ccc([C@H]2[C@@H]3CN(C(=O)O)C[C@@H]32)n1. The molecule has 3 atom stereocenters. The highest BCUT2D eigenvalue weighted by atomic mass is 16.4. The molecule has 0 spiro atoms. The van der Waals surface area contributed by atoms with E-state index in [1.165, 1.54) is 4.90 Å². The largest absolute Gasteiger partial charge is 0.465 e. The van der Waals surface area contributed by atoms with Crippen LogP contribution in [0.15, 0.2) is 12.3 Å². The van der Waals surface area contributed by atoms with E-state index >= 15 is 0 Å². The van der Waals surface area contributed by atoms with Crippen LogP contribution in [0.4, 0.5) is 4.79 Å². The topological polar surface area (TPSA) is 58.4 Å². The van der Waals surface area contributed by atoms with Gasteiger partial charge in [0.1, 0.15) is 0 Å². The molecule has 1 amide bonds. The maximum Gasteiger partial charge on any atom is 0.407 e. The molecule has 1 saturated carbocycles. The first kappa shape index (κ1) is 8.76. The van der Waals surface area contributed by atoms with Crippen LogP contribution < -0.4 is 0 Å². The minimum Gasteiger partial charge on any atom is -0.465 e. The second-order valence-corrected chi connectivity index (χ2v) is 4.46. The molecule has 0 unspecified atom stereocenters. The van der Waals surface area contributed by atoms with Gasteiger partial charge in [0.05, 0.1) is 5.69 Å². The Balaban J connectivity index is 1.70. The van der Waals surface area contributed by atoms with Gasteiger partial charge in [-0.3, -0.25) is 4.68 Å². The van der Waals surface area contributed by atoms with Crippen molar-refractivity contribution in [2.24, 2.45) is 18.9 Å². The first-order chi connectivity index (χ1) is 7.16. The molecule has 15 heavy (non-hydrogen) atoms. The molecule has 1 N–H and O–H groups in total. The molecule has 2 aliphatic rings. The Morgan fingerprint density at radius 1 is 1.53 bits per heavy atom. The molecule has 1 aromatic heterocycles. The van der Waals surface area contributed by atoms with Gasteiger partial charge in [-0.05, 0) is 17.9 Å². The second kappa shape index (κ2) is 2.74. The fourth-order valence-corrected chi connectivity index (χ4v) is 2.73. The first-order valence-corrected chi connectivity index (χ1v) is 5.14. The summed E-state index contributed by atoms with van der Waals surface area (Å²) in [4.78, 5) is 12.2. The average Bonchev–Trinajstić information content (AvgIpc) is 2.62. The minimum atomic E-state index is -0.790. The standard InChI is InChI=1S/C10H13N3O2/c1-12-3-2-8(11-12)9-6-4-13(10(14)15)5-7(6)9/h2-3,6-7,9H,4-5H2,1H3,(H,14,15)/t6-,7+,9+. The molecule has 0 radical (unpaired) electrons. The Kier molecular flexibility index (Phi) is 1.60. The van der Waals surface area contributed by atoms with Crippen molar-refractivity contribution in [3.8, 4) is 0 Å². The minimum absolute atomic E-state index is 0.502. The molecular formula is C10H13N3O2. The molecule has 0 bridgehead atoms. The van der Waals surface area contributed by atoms with Crippen LogP contribution in [0.25, 0.3) is 0 Å². The van der Waals surface area contributed by atoms with E-state index in [0.29, 0.717) is 30.8 Å². The van der Waals surface area contributed by atoms with Gasteiger partial charge in [-0.15, -0.1) is 0 Å². The number of carboxylic acid groups (broad SMARTS) is 1. The zero-order chi connectivity index (χ0) is 10.6. The van der Waals surface area contributed by atoms with Gasteiger partial charge >= 0.3 is 6.09 Å². The van der Waals surface area contributed by atoms with Crippen molar-refractivity contribution >= 4 is 6.09 Å². The third-order valence-electron chi connectivity index (χ3n) is 3.54. The quantitative estimate of drug-likeness (QED) is 0.739. The fourth-order valence-electron chi connectivity index (χ4n) is 2.73. The van der Waals surface area contributed by atoms with Crippen molar-refractivity contribution in [1.82, 2.24) is 14.7 Å². The van der Waals surface area contributed by atoms with Gasteiger partial charge < -0.3 is 10.0 Å². The maximum absolute atomic E-state index is 10.7. The molecule has 0 aromatic carbocycles. The van der Waals surface area contributed by atoms with E-state index in [4.69, 9.17) is 5.11 Å². The van der Waals surface area contributed by atoms with Crippen LogP contribution in [0.1, 0.15) is 11.6 Å². The fraction of sp³-hybridized carbons (Fsp3) is 0.600. The molecule has 2 fully saturated rings. The van der Waals surface area contributed by atoms with Crippen LogP contribution in [0.5, 0.6) is 0 Å². The summed E-state index contributed by atoms with van der Waals surface area (Å²) in [6.45, 7) is 1.36. The van der Waals surface area contributed by atoms with Gasteiger partial charge in [0.15, 0.2) is 0 Å². The van der Waals surface area contributed by atoms with Crippen LogP contribution in [-0.4, -0.2) is 39.0 Å². The number of rotatable bonds is 1. The summed E-state index contributed by atoms with van der Waals surface area (Å²) in [5.74, 6) is 1.52. The van der Waals surface area contributed by atoms with E-state index in [2.05, 4.69) is 5.10 Å². The number of aromatic nitrogens is 2. The lowest BCUT2D eigenvalue weighted by Gasteiger charge is -2.14. The third-order valence-corrected chi connectivity index (χ3v) is 3.54. The summed E-state index contributed by atoms with van der Waals surface area (Å²) in [5.41, 5.74) is 1.12. The molecule has 1 saturated heterocycles. The summed E-state index contributed by atoms with van der Waals surface area (Å²) in [6.07, 6.45) is 1.15. The van der Waals surface area contributed by atoms with Crippen LogP contribution in [0.3, 0.4) is 0 Å². The lowest BCUT2D eigenvalue weighted by atomic mass is 10.2. The highest BCUT2D eigenvalue weighted by molar-refractivity contribution is 5.66. The Morgan fingerprint density at radius 3 is 2.67 bits per heavy atom. The molecule has 1 aromatic rings. The van der Waals surface area contributed by atoms with Crippen LogP contribution >= 0.6 is 0 Å². The van der Waals surface area contributed by atoms with E-state index in [9.17, 15) is 4.79 Å². The summed E-state index contributed by atoms with van der Waals surface area (Å²) >= 11 is 0. The predicted octanol–water partition coefficient (Wildman–Crippen LogP) is 0.743. The highest BCUT2D eigenvalue weighted by Gasteiger charge is 2.58. The zero-order valence-electron chi connectivity index (χ0n) is 8.50. The molecule has 3 rings (SSSR count). The normalized spacial score (nSPS) is 32.9. The van der Waals surface area contributed by atoms with E-state index in [1.54, 1.807) is 4.68 Å². The molecule has 5 nitrogen and oxygen atoms in total. The lowest BCUT2D eigenvalue weighted by Crippen LogP contribution is -2.29. The summed E-state index contributed by atoms with van der Waals surface area (Å²) < 4.78 is 1.80. The Bertz CT molecular complexity index is 403. The van der Waals surface area contributed by atoms with Crippen molar-refractivity contribution in [1.29, 1.82) is 0 Å². The summed E-state index contributed by atoms with van der Waals surface area (Å²) in [5, 5.41) is 13.2. The van der Waals surface area contributed by atoms with Crippen molar-refractivity contribution in [2.45, 2.75) is 5.92 Å². The van der Waals surface area contributed by atoms with Gasteiger partial charge in [-0.25, -0.2) is 4.79 Å². The first-order valence-electron chi connectivity index (χ1n) is 5.14. The highest BCUT2D eigenvalue weighted by Crippen LogP contribution is 2.57. The number of aryl methyl sites for hydroxylation is 1. The van der Waals surface area contributed by atoms with Crippen molar-refractivity contribution in [2.75, 3.05) is 13.1 Å². The number of likely N-dealkylation sites (tertiary alicyclic amines) is 1. The Hall–Kier alpha value is -1.52. The van der Waals surface area contributed by atoms with Crippen molar-refractivity contribution < 1.29 is 9.90 Å². The monoisotopic (exact) mass is 207 g/mol. The molecular weight excluding hydrogens is 194 g/mol. The number of hydrogen-bond donors (Lipinski definition) is 1. The number of fused-ring (bicyclic) bond motifs is 1. The Morgan fingerprint density at radius 2 is 2.20 bits per heavy atom. The van der Waals surface area contributed by atoms with E-state index < -0.39 is 6.09 Å². The Labute approximate surface area is 87.3 Å². The van der Waals surface area contributed by atoms with Gasteiger partial charge in [0, 0.05) is 32.3 Å². The number of nitrogens with zero attached hydrogens (tertiary/aromatic N) is 3. The third kappa shape index (κ3) is 1.22. The van der Waals surface area contributed by atoms with Crippen LogP contribution in [-0.2, 0) is 7.05 Å². The van der Waals surface area contributed by atoms with Crippen molar-refractivity contribution in [3.05, 3.63) is 18.0 Å².